The lowest BCUT2D eigenvalue weighted by atomic mass is 9.95. The molecule has 0 aliphatic heterocycles. The molecule has 0 saturated heterocycles. The monoisotopic (exact) mass is 473 g/mol. The predicted molar refractivity (Wildman–Crippen MR) is 143 cm³/mol. The van der Waals surface area contributed by atoms with Crippen molar-refractivity contribution in [2.45, 2.75) is 77.0 Å². The Morgan fingerprint density at radius 3 is 2.30 bits per heavy atom. The molecule has 2 aromatic rings. The Balaban J connectivity index is 0.00000154. The fraction of sp³-hybridized carbons (Fsp3) is 0.519. The Bertz CT molecular complexity index is 767. The quantitative estimate of drug-likeness (QED) is 0.191. The molecule has 0 fully saturated rings. The second kappa shape index (κ2) is 21.7. The summed E-state index contributed by atoms with van der Waals surface area (Å²) in [5, 5.41) is 2.73. The number of unbranched alkanes of at least 4 members (excludes halogenated alkanes) is 5. The van der Waals surface area contributed by atoms with Gasteiger partial charge >= 0.3 is 0 Å². The van der Waals surface area contributed by atoms with E-state index in [4.69, 9.17) is 0 Å². The molecule has 184 valence electrons. The predicted octanol–water partition coefficient (Wildman–Crippen LogP) is 6.29. The number of nitrogens with one attached hydrogen (secondary N) is 1. The number of carbonyl (C=O) groups is 2. The maximum atomic E-state index is 11.4. The topological polar surface area (TPSA) is 85.1 Å². The number of benzene rings is 1. The SMILES string of the molecule is CCCC.CCCCCCCSc1ccc(-c2ccncc2C=O)c(CCNC=O)c1.CN. The number of carbonyl (C=O) groups excluding carboxylic acids is 2. The van der Waals surface area contributed by atoms with E-state index in [1.807, 2.05) is 17.8 Å². The van der Waals surface area contributed by atoms with Crippen molar-refractivity contribution in [1.29, 1.82) is 0 Å². The third-order valence-electron chi connectivity index (χ3n) is 4.98. The van der Waals surface area contributed by atoms with Gasteiger partial charge in [0.2, 0.25) is 6.41 Å². The number of aromatic nitrogens is 1. The highest BCUT2D eigenvalue weighted by Gasteiger charge is 2.11. The zero-order chi connectivity index (χ0) is 24.7. The number of amides is 1. The van der Waals surface area contributed by atoms with Gasteiger partial charge in [0, 0.05) is 29.4 Å². The van der Waals surface area contributed by atoms with Crippen molar-refractivity contribution >= 4 is 24.5 Å². The largest absolute Gasteiger partial charge is 0.358 e. The summed E-state index contributed by atoms with van der Waals surface area (Å²) < 4.78 is 0. The Morgan fingerprint density at radius 1 is 0.939 bits per heavy atom. The Hall–Kier alpha value is -2.18. The van der Waals surface area contributed by atoms with Crippen LogP contribution >= 0.6 is 11.8 Å². The maximum absolute atomic E-state index is 11.4. The number of hydrogen-bond acceptors (Lipinski definition) is 5. The van der Waals surface area contributed by atoms with Crippen molar-refractivity contribution in [1.82, 2.24) is 10.3 Å². The van der Waals surface area contributed by atoms with Crippen LogP contribution in [-0.2, 0) is 11.2 Å². The normalized spacial score (nSPS) is 9.73. The molecule has 0 atom stereocenters. The zero-order valence-corrected chi connectivity index (χ0v) is 21.8. The minimum absolute atomic E-state index is 0.573. The summed E-state index contributed by atoms with van der Waals surface area (Å²) in [4.78, 5) is 27.3. The average Bonchev–Trinajstić information content (AvgIpc) is 2.88. The van der Waals surface area contributed by atoms with E-state index in [0.717, 1.165) is 41.6 Å². The van der Waals surface area contributed by atoms with E-state index in [1.54, 1.807) is 12.4 Å². The third kappa shape index (κ3) is 13.2. The summed E-state index contributed by atoms with van der Waals surface area (Å²) in [5.41, 5.74) is 8.13. The standard InChI is InChI=1S/C22H28N2O2S.C4H10.CH5N/c1-2-3-4-5-6-13-27-20-7-8-21(18(14-20)9-11-24-17-26)22-10-12-23-15-19(22)16-25;1-3-4-2;1-2/h7-8,10,12,14-17H,2-6,9,11,13H2,1H3,(H,24,26);3-4H2,1-2H3;2H2,1H3. The molecule has 0 aliphatic carbocycles. The molecule has 1 aromatic heterocycles. The molecule has 2 rings (SSSR count). The van der Waals surface area contributed by atoms with E-state index in [2.05, 4.69) is 55.0 Å². The zero-order valence-electron chi connectivity index (χ0n) is 20.9. The van der Waals surface area contributed by atoms with Crippen LogP contribution in [0.2, 0.25) is 0 Å². The lowest BCUT2D eigenvalue weighted by Gasteiger charge is -2.13. The first-order valence-corrected chi connectivity index (χ1v) is 13.1. The van der Waals surface area contributed by atoms with Gasteiger partial charge in [-0.25, -0.2) is 0 Å². The molecule has 1 amide bonds. The van der Waals surface area contributed by atoms with Gasteiger partial charge in [0.05, 0.1) is 0 Å². The lowest BCUT2D eigenvalue weighted by Crippen LogP contribution is -2.14. The highest BCUT2D eigenvalue weighted by Crippen LogP contribution is 2.31. The number of pyridine rings is 1. The van der Waals surface area contributed by atoms with Gasteiger partial charge in [0.25, 0.3) is 0 Å². The van der Waals surface area contributed by atoms with Gasteiger partial charge < -0.3 is 11.1 Å². The van der Waals surface area contributed by atoms with E-state index in [-0.39, 0.29) is 0 Å². The fourth-order valence-electron chi connectivity index (χ4n) is 3.04. The van der Waals surface area contributed by atoms with Crippen LogP contribution in [-0.4, -0.2) is 37.0 Å². The minimum Gasteiger partial charge on any atom is -0.358 e. The first kappa shape index (κ1) is 30.8. The first-order chi connectivity index (χ1) is 16.2. The number of nitrogens with two attached hydrogens (primary N) is 1. The van der Waals surface area contributed by atoms with Crippen LogP contribution < -0.4 is 11.1 Å². The summed E-state index contributed by atoms with van der Waals surface area (Å²) in [6.45, 7) is 7.17. The van der Waals surface area contributed by atoms with Crippen LogP contribution in [0.15, 0.2) is 41.6 Å². The fourth-order valence-corrected chi connectivity index (χ4v) is 4.01. The second-order valence-corrected chi connectivity index (χ2v) is 8.65. The summed E-state index contributed by atoms with van der Waals surface area (Å²) >= 11 is 1.87. The van der Waals surface area contributed by atoms with Crippen molar-refractivity contribution in [3.05, 3.63) is 47.8 Å². The Labute approximate surface area is 205 Å². The number of aldehydes is 1. The van der Waals surface area contributed by atoms with Gasteiger partial charge in [0.1, 0.15) is 0 Å². The molecule has 3 N–H and O–H groups in total. The van der Waals surface area contributed by atoms with E-state index in [9.17, 15) is 9.59 Å². The third-order valence-corrected chi connectivity index (χ3v) is 6.06. The van der Waals surface area contributed by atoms with Crippen molar-refractivity contribution in [3.8, 4) is 11.1 Å². The van der Waals surface area contributed by atoms with Gasteiger partial charge in [-0.1, -0.05) is 65.4 Å². The van der Waals surface area contributed by atoms with E-state index < -0.39 is 0 Å². The van der Waals surface area contributed by atoms with Crippen LogP contribution in [0.4, 0.5) is 0 Å². The van der Waals surface area contributed by atoms with Gasteiger partial charge in [-0.15, -0.1) is 11.8 Å². The molecular weight excluding hydrogens is 430 g/mol. The average molecular weight is 474 g/mol. The van der Waals surface area contributed by atoms with Gasteiger partial charge in [0.15, 0.2) is 6.29 Å². The van der Waals surface area contributed by atoms with Gasteiger partial charge in [-0.05, 0) is 60.5 Å². The molecule has 33 heavy (non-hydrogen) atoms. The smallest absolute Gasteiger partial charge is 0.207 e. The van der Waals surface area contributed by atoms with E-state index in [0.29, 0.717) is 12.1 Å². The maximum Gasteiger partial charge on any atom is 0.207 e. The van der Waals surface area contributed by atoms with Crippen LogP contribution in [0.25, 0.3) is 11.1 Å². The molecule has 5 nitrogen and oxygen atoms in total. The number of rotatable bonds is 14. The molecule has 0 radical (unpaired) electrons. The summed E-state index contributed by atoms with van der Waals surface area (Å²) in [6, 6.07) is 8.26. The van der Waals surface area contributed by atoms with Crippen LogP contribution in [0.5, 0.6) is 0 Å². The van der Waals surface area contributed by atoms with Gasteiger partial charge in [-0.3, -0.25) is 14.6 Å². The molecule has 0 spiro atoms. The Kier molecular flexibility index (Phi) is 20.2. The number of hydrogen-bond donors (Lipinski definition) is 2. The molecular formula is C27H43N3O2S. The molecule has 0 unspecified atom stereocenters. The lowest BCUT2D eigenvalue weighted by molar-refractivity contribution is -0.109. The molecule has 0 saturated carbocycles. The van der Waals surface area contributed by atoms with Crippen LogP contribution in [0.1, 0.15) is 81.6 Å². The molecule has 0 aliphatic rings. The summed E-state index contributed by atoms with van der Waals surface area (Å²) in [6.07, 6.45) is 14.6. The summed E-state index contributed by atoms with van der Waals surface area (Å²) in [7, 11) is 1.50. The van der Waals surface area contributed by atoms with Crippen molar-refractivity contribution in [2.24, 2.45) is 5.73 Å². The van der Waals surface area contributed by atoms with Crippen LogP contribution in [0.3, 0.4) is 0 Å². The minimum atomic E-state index is 0.573. The van der Waals surface area contributed by atoms with Crippen LogP contribution in [0, 0.1) is 0 Å². The van der Waals surface area contributed by atoms with Crippen molar-refractivity contribution in [3.63, 3.8) is 0 Å². The second-order valence-electron chi connectivity index (χ2n) is 7.48. The van der Waals surface area contributed by atoms with Crippen molar-refractivity contribution < 1.29 is 9.59 Å². The molecule has 0 bridgehead atoms. The molecule has 1 aromatic carbocycles. The molecule has 6 heteroatoms. The number of nitrogens with zero attached hydrogens (tertiary/aromatic N) is 1. The highest BCUT2D eigenvalue weighted by atomic mass is 32.2. The molecule has 1 heterocycles. The number of thioether (sulfide) groups is 1. The van der Waals surface area contributed by atoms with Crippen molar-refractivity contribution in [2.75, 3.05) is 19.3 Å². The van der Waals surface area contributed by atoms with Gasteiger partial charge in [-0.2, -0.15) is 0 Å². The Morgan fingerprint density at radius 2 is 1.67 bits per heavy atom. The highest BCUT2D eigenvalue weighted by molar-refractivity contribution is 7.99. The van der Waals surface area contributed by atoms with E-state index >= 15 is 0 Å². The first-order valence-electron chi connectivity index (χ1n) is 12.1. The van der Waals surface area contributed by atoms with E-state index in [1.165, 1.54) is 56.9 Å². The summed E-state index contributed by atoms with van der Waals surface area (Å²) in [5.74, 6) is 1.12.